The van der Waals surface area contributed by atoms with Gasteiger partial charge in [-0.2, -0.15) is 0 Å². The Morgan fingerprint density at radius 2 is 1.92 bits per heavy atom. The van der Waals surface area contributed by atoms with Crippen LogP contribution < -0.4 is 0 Å². The second kappa shape index (κ2) is 2.81. The van der Waals surface area contributed by atoms with Gasteiger partial charge in [0.2, 0.25) is 0 Å². The topological polar surface area (TPSA) is 12.9 Å². The number of rotatable bonds is 0. The Hall–Kier alpha value is -0.890. The summed E-state index contributed by atoms with van der Waals surface area (Å²) in [4.78, 5) is 6.95. The highest BCUT2D eigenvalue weighted by molar-refractivity contribution is 7.15. The van der Waals surface area contributed by atoms with Gasteiger partial charge in [-0.3, -0.25) is 4.98 Å². The molecule has 2 aliphatic rings. The van der Waals surface area contributed by atoms with E-state index in [2.05, 4.69) is 44.0 Å². The van der Waals surface area contributed by atoms with E-state index in [1.54, 1.807) is 0 Å². The van der Waals surface area contributed by atoms with Crippen LogP contribution in [0.3, 0.4) is 0 Å². The second-order valence-electron chi connectivity index (χ2n) is 4.24. The number of hydrogen-bond donors (Lipinski definition) is 0. The van der Waals surface area contributed by atoms with E-state index >= 15 is 0 Å². The van der Waals surface area contributed by atoms with Gasteiger partial charge in [-0.25, -0.2) is 0 Å². The molecule has 0 bridgehead atoms. The van der Waals surface area contributed by atoms with Gasteiger partial charge >= 0.3 is 0 Å². The summed E-state index contributed by atoms with van der Waals surface area (Å²) in [7, 11) is 0. The maximum absolute atomic E-state index is 4.25. The minimum absolute atomic E-state index is 0.246. The average Bonchev–Trinajstić information content (AvgIpc) is 2.47. The van der Waals surface area contributed by atoms with Crippen molar-refractivity contribution >= 4 is 11.3 Å². The Labute approximate surface area is 82.8 Å². The van der Waals surface area contributed by atoms with Crippen LogP contribution in [0, 0.1) is 0 Å². The SMILES string of the molecule is CC(C)(C)c1ccc2nccc-2s1. The maximum atomic E-state index is 4.25. The lowest BCUT2D eigenvalue weighted by molar-refractivity contribution is 0.603. The highest BCUT2D eigenvalue weighted by Crippen LogP contribution is 2.33. The molecule has 2 heteroatoms. The third kappa shape index (κ3) is 1.59. The fourth-order valence-corrected chi connectivity index (χ4v) is 2.29. The number of aromatic nitrogens is 1. The van der Waals surface area contributed by atoms with Gasteiger partial charge in [-0.05, 0) is 23.6 Å². The van der Waals surface area contributed by atoms with Gasteiger partial charge in [0, 0.05) is 11.1 Å². The fraction of sp³-hybridized carbons (Fsp3) is 0.364. The van der Waals surface area contributed by atoms with Gasteiger partial charge in [0.25, 0.3) is 0 Å². The zero-order valence-corrected chi connectivity index (χ0v) is 8.98. The van der Waals surface area contributed by atoms with E-state index in [1.807, 2.05) is 17.5 Å². The summed E-state index contributed by atoms with van der Waals surface area (Å²) in [6, 6.07) is 6.36. The van der Waals surface area contributed by atoms with E-state index in [1.165, 1.54) is 9.75 Å². The van der Waals surface area contributed by atoms with E-state index in [4.69, 9.17) is 0 Å². The summed E-state index contributed by atoms with van der Waals surface area (Å²) < 4.78 is 0. The predicted molar refractivity (Wildman–Crippen MR) is 57.4 cm³/mol. The lowest BCUT2D eigenvalue weighted by Crippen LogP contribution is -2.09. The molecule has 2 rings (SSSR count). The van der Waals surface area contributed by atoms with Crippen LogP contribution in [-0.2, 0) is 5.41 Å². The van der Waals surface area contributed by atoms with Crippen molar-refractivity contribution in [1.29, 1.82) is 0 Å². The summed E-state index contributed by atoms with van der Waals surface area (Å²) in [5.41, 5.74) is 1.36. The molecule has 1 nitrogen and oxygen atoms in total. The Morgan fingerprint density at radius 1 is 1.15 bits per heavy atom. The van der Waals surface area contributed by atoms with E-state index < -0.39 is 0 Å². The van der Waals surface area contributed by atoms with Crippen molar-refractivity contribution in [3.63, 3.8) is 0 Å². The lowest BCUT2D eigenvalue weighted by atomic mass is 9.95. The van der Waals surface area contributed by atoms with Gasteiger partial charge in [-0.1, -0.05) is 20.8 Å². The fourth-order valence-electron chi connectivity index (χ4n) is 1.26. The predicted octanol–water partition coefficient (Wildman–Crippen LogP) is 3.55. The summed E-state index contributed by atoms with van der Waals surface area (Å²) in [5.74, 6) is 0. The summed E-state index contributed by atoms with van der Waals surface area (Å²) in [5, 5.41) is 0. The van der Waals surface area contributed by atoms with Gasteiger partial charge in [0.1, 0.15) is 0 Å². The summed E-state index contributed by atoms with van der Waals surface area (Å²) in [6.07, 6.45) is 1.87. The van der Waals surface area contributed by atoms with Crippen molar-refractivity contribution in [2.24, 2.45) is 0 Å². The van der Waals surface area contributed by atoms with E-state index in [-0.39, 0.29) is 5.41 Å². The lowest BCUT2D eigenvalue weighted by Gasteiger charge is -2.18. The van der Waals surface area contributed by atoms with Crippen LogP contribution in [0.2, 0.25) is 0 Å². The largest absolute Gasteiger partial charge is 0.255 e. The molecule has 0 aromatic carbocycles. The monoisotopic (exact) mass is 191 g/mol. The van der Waals surface area contributed by atoms with Gasteiger partial charge in [0.05, 0.1) is 10.6 Å². The second-order valence-corrected chi connectivity index (χ2v) is 5.33. The Morgan fingerprint density at radius 3 is 2.62 bits per heavy atom. The molecule has 2 aliphatic heterocycles. The van der Waals surface area contributed by atoms with Crippen molar-refractivity contribution in [3.8, 4) is 10.6 Å². The van der Waals surface area contributed by atoms with Crippen molar-refractivity contribution in [2.45, 2.75) is 26.2 Å². The minimum atomic E-state index is 0.246. The first-order valence-electron chi connectivity index (χ1n) is 4.42. The molecular weight excluding hydrogens is 178 g/mol. The van der Waals surface area contributed by atoms with Gasteiger partial charge in [0.15, 0.2) is 0 Å². The highest BCUT2D eigenvalue weighted by Gasteiger charge is 2.16. The van der Waals surface area contributed by atoms with E-state index in [0.717, 1.165) is 5.69 Å². The molecule has 13 heavy (non-hydrogen) atoms. The first-order chi connectivity index (χ1) is 6.07. The smallest absolute Gasteiger partial charge is 0.0802 e. The van der Waals surface area contributed by atoms with Gasteiger partial charge < -0.3 is 0 Å². The Bertz CT molecular complexity index is 384. The standard InChI is InChI=1S/C11H13NS/c1-11(2,3)10-5-4-8-9(13-10)6-7-12-8/h4-7H,1-3H3. The molecule has 0 saturated heterocycles. The molecule has 68 valence electrons. The molecular formula is C11H13NS. The molecule has 0 saturated carbocycles. The molecule has 0 aliphatic carbocycles. The van der Waals surface area contributed by atoms with Crippen LogP contribution >= 0.6 is 11.3 Å². The molecule has 0 aromatic heterocycles. The zero-order valence-electron chi connectivity index (χ0n) is 8.16. The molecule has 0 amide bonds. The Kier molecular flexibility index (Phi) is 1.88. The zero-order chi connectivity index (χ0) is 9.47. The minimum Gasteiger partial charge on any atom is -0.255 e. The summed E-state index contributed by atoms with van der Waals surface area (Å²) >= 11 is 1.84. The van der Waals surface area contributed by atoms with Gasteiger partial charge in [-0.15, -0.1) is 11.3 Å². The summed E-state index contributed by atoms with van der Waals surface area (Å²) in [6.45, 7) is 6.71. The van der Waals surface area contributed by atoms with Crippen LogP contribution in [-0.4, -0.2) is 4.98 Å². The normalized spacial score (nSPS) is 12.2. The molecule has 0 aromatic rings. The van der Waals surface area contributed by atoms with Crippen molar-refractivity contribution in [3.05, 3.63) is 29.3 Å². The van der Waals surface area contributed by atoms with E-state index in [9.17, 15) is 0 Å². The maximum Gasteiger partial charge on any atom is 0.0802 e. The van der Waals surface area contributed by atoms with Crippen molar-refractivity contribution in [1.82, 2.24) is 4.98 Å². The first kappa shape index (κ1) is 8.70. The molecule has 0 spiro atoms. The average molecular weight is 191 g/mol. The van der Waals surface area contributed by atoms with E-state index in [0.29, 0.717) is 0 Å². The van der Waals surface area contributed by atoms with Crippen LogP contribution in [0.25, 0.3) is 10.6 Å². The third-order valence-electron chi connectivity index (χ3n) is 2.04. The highest BCUT2D eigenvalue weighted by atomic mass is 32.1. The molecule has 0 N–H and O–H groups in total. The third-order valence-corrected chi connectivity index (χ3v) is 3.58. The van der Waals surface area contributed by atoms with Crippen molar-refractivity contribution < 1.29 is 0 Å². The number of fused-ring (bicyclic) bond motifs is 1. The molecule has 2 heterocycles. The van der Waals surface area contributed by atoms with Crippen LogP contribution in [0.5, 0.6) is 0 Å². The first-order valence-corrected chi connectivity index (χ1v) is 5.24. The number of hydrogen-bond acceptors (Lipinski definition) is 2. The molecule has 0 fully saturated rings. The van der Waals surface area contributed by atoms with Crippen molar-refractivity contribution in [2.75, 3.05) is 0 Å². The molecule has 0 unspecified atom stereocenters. The van der Waals surface area contributed by atoms with Crippen LogP contribution in [0.1, 0.15) is 25.6 Å². The van der Waals surface area contributed by atoms with Crippen LogP contribution in [0.4, 0.5) is 0 Å². The Balaban J connectivity index is 2.56. The molecule has 0 atom stereocenters. The molecule has 0 radical (unpaired) electrons. The number of nitrogens with zero attached hydrogens (tertiary/aromatic N) is 1. The quantitative estimate of drug-likeness (QED) is 0.620. The van der Waals surface area contributed by atoms with Crippen LogP contribution in [0.15, 0.2) is 24.4 Å².